The van der Waals surface area contributed by atoms with Crippen LogP contribution in [-0.4, -0.2) is 26.5 Å². The van der Waals surface area contributed by atoms with Gasteiger partial charge < -0.3 is 15.3 Å². The summed E-state index contributed by atoms with van der Waals surface area (Å²) in [7, 11) is 0. The maximum Gasteiger partial charge on any atom is 0.130 e. The van der Waals surface area contributed by atoms with Crippen molar-refractivity contribution < 1.29 is 0 Å². The van der Waals surface area contributed by atoms with E-state index < -0.39 is 0 Å². The molecule has 2 heterocycles. The van der Waals surface area contributed by atoms with Crippen molar-refractivity contribution in [2.75, 3.05) is 16.8 Å². The Kier molecular flexibility index (Phi) is 12.8. The van der Waals surface area contributed by atoms with Gasteiger partial charge in [0.1, 0.15) is 11.6 Å². The number of thioether (sulfide) groups is 1. The molecule has 39 heavy (non-hydrogen) atoms. The molecule has 3 N–H and O–H groups in total. The largest absolute Gasteiger partial charge is 0.361 e. The summed E-state index contributed by atoms with van der Waals surface area (Å²) >= 11 is 1.94. The summed E-state index contributed by atoms with van der Waals surface area (Å²) in [5.74, 6) is 3.98. The minimum Gasteiger partial charge on any atom is -0.361 e. The van der Waals surface area contributed by atoms with E-state index in [-0.39, 0.29) is 6.04 Å². The van der Waals surface area contributed by atoms with Crippen molar-refractivity contribution >= 4 is 28.6 Å². The van der Waals surface area contributed by atoms with E-state index in [9.17, 15) is 0 Å². The summed E-state index contributed by atoms with van der Waals surface area (Å²) < 4.78 is 0. The van der Waals surface area contributed by atoms with Gasteiger partial charge in [0.05, 0.1) is 17.1 Å². The Balaban J connectivity index is 1.43. The second-order valence-corrected chi connectivity index (χ2v) is 12.0. The highest BCUT2D eigenvalue weighted by Gasteiger charge is 2.17. The second-order valence-electron chi connectivity index (χ2n) is 11.0. The van der Waals surface area contributed by atoms with Gasteiger partial charge in [-0.3, -0.25) is 0 Å². The van der Waals surface area contributed by atoms with E-state index in [1.54, 1.807) is 0 Å². The molecular formula is C34H48N4S. The van der Waals surface area contributed by atoms with E-state index in [0.29, 0.717) is 0 Å². The number of H-pyrrole nitrogens is 2. The number of fused-ring (bicyclic) bond motifs is 1. The SMILES string of the molecule is CC(C)=CCCC(C)=CCCC(C)=CCCC(C)=CCSCC(Nc1[nH]ccc1C)c1nc2ccccc2[nH]1. The minimum absolute atomic E-state index is 0.101. The van der Waals surface area contributed by atoms with Gasteiger partial charge in [-0.25, -0.2) is 4.98 Å². The van der Waals surface area contributed by atoms with Gasteiger partial charge in [0, 0.05) is 17.7 Å². The van der Waals surface area contributed by atoms with E-state index in [0.717, 1.165) is 66.3 Å². The molecule has 1 unspecified atom stereocenters. The van der Waals surface area contributed by atoms with Crippen LogP contribution >= 0.6 is 11.8 Å². The summed E-state index contributed by atoms with van der Waals surface area (Å²) in [5, 5.41) is 3.67. The van der Waals surface area contributed by atoms with Crippen molar-refractivity contribution in [2.45, 2.75) is 86.1 Å². The fourth-order valence-corrected chi connectivity index (χ4v) is 5.49. The van der Waals surface area contributed by atoms with E-state index >= 15 is 0 Å². The second kappa shape index (κ2) is 16.2. The molecule has 5 heteroatoms. The van der Waals surface area contributed by atoms with Crippen LogP contribution in [-0.2, 0) is 0 Å². The lowest BCUT2D eigenvalue weighted by Crippen LogP contribution is -2.16. The summed E-state index contributed by atoms with van der Waals surface area (Å²) in [4.78, 5) is 11.7. The van der Waals surface area contributed by atoms with Crippen LogP contribution in [0.1, 0.15) is 90.6 Å². The molecule has 4 nitrogen and oxygen atoms in total. The number of aromatic nitrogens is 3. The van der Waals surface area contributed by atoms with Crippen LogP contribution < -0.4 is 5.32 Å². The molecule has 2 aromatic heterocycles. The molecule has 0 saturated heterocycles. The molecule has 1 aromatic carbocycles. The van der Waals surface area contributed by atoms with Gasteiger partial charge in [-0.2, -0.15) is 11.8 Å². The number of nitrogens with one attached hydrogen (secondary N) is 3. The first kappa shape index (κ1) is 30.6. The van der Waals surface area contributed by atoms with Gasteiger partial charge in [0.15, 0.2) is 0 Å². The fraction of sp³-hybridized carbons (Fsp3) is 0.441. The number of aromatic amines is 2. The standard InChI is InChI=1S/C34H48N4S/c1-25(2)12-9-13-26(3)14-10-15-27(4)16-11-17-28(5)21-23-39-24-32(38-33-29(6)20-22-35-33)34-36-30-18-7-8-19-31(30)37-34/h7-8,12,14,16,18-22,32,35,38H,9-11,13,15,17,23-24H2,1-6H3,(H,36,37). The topological polar surface area (TPSA) is 56.5 Å². The normalized spacial score (nSPS) is 13.6. The van der Waals surface area contributed by atoms with E-state index in [4.69, 9.17) is 4.98 Å². The van der Waals surface area contributed by atoms with E-state index in [1.165, 1.54) is 34.3 Å². The number of aryl methyl sites for hydroxylation is 1. The van der Waals surface area contributed by atoms with Crippen molar-refractivity contribution in [3.05, 3.63) is 94.5 Å². The quantitative estimate of drug-likeness (QED) is 0.124. The van der Waals surface area contributed by atoms with Crippen LogP contribution in [0.3, 0.4) is 0 Å². The Morgan fingerprint density at radius 1 is 0.872 bits per heavy atom. The Morgan fingerprint density at radius 2 is 1.51 bits per heavy atom. The highest BCUT2D eigenvalue weighted by molar-refractivity contribution is 7.99. The molecule has 210 valence electrons. The number of hydrogen-bond acceptors (Lipinski definition) is 3. The summed E-state index contributed by atoms with van der Waals surface area (Å²) in [5.41, 5.74) is 9.20. The predicted molar refractivity (Wildman–Crippen MR) is 174 cm³/mol. The van der Waals surface area contributed by atoms with Crippen LogP contribution in [0.5, 0.6) is 0 Å². The Hall–Kier alpha value is -2.92. The van der Waals surface area contributed by atoms with Gasteiger partial charge >= 0.3 is 0 Å². The summed E-state index contributed by atoms with van der Waals surface area (Å²) in [6.45, 7) is 13.3. The Bertz CT molecular complexity index is 1250. The Morgan fingerprint density at radius 3 is 2.13 bits per heavy atom. The first-order valence-electron chi connectivity index (χ1n) is 14.3. The van der Waals surface area contributed by atoms with Gasteiger partial charge in [-0.1, -0.05) is 58.7 Å². The average molecular weight is 545 g/mol. The molecule has 0 aliphatic carbocycles. The minimum atomic E-state index is 0.101. The molecular weight excluding hydrogens is 496 g/mol. The average Bonchev–Trinajstić information content (AvgIpc) is 3.51. The van der Waals surface area contributed by atoms with E-state index in [1.807, 2.05) is 30.1 Å². The number of anilines is 1. The third kappa shape index (κ3) is 11.0. The van der Waals surface area contributed by atoms with Crippen LogP contribution in [0, 0.1) is 6.92 Å². The molecule has 3 aromatic rings. The van der Waals surface area contributed by atoms with Crippen molar-refractivity contribution in [1.29, 1.82) is 0 Å². The number of allylic oxidation sites excluding steroid dienone is 7. The molecule has 0 spiro atoms. The lowest BCUT2D eigenvalue weighted by Gasteiger charge is -2.17. The maximum absolute atomic E-state index is 4.87. The summed E-state index contributed by atoms with van der Waals surface area (Å²) in [6, 6.07) is 10.4. The lowest BCUT2D eigenvalue weighted by molar-refractivity contribution is 0.820. The number of para-hydroxylation sites is 2. The Labute approximate surface area is 240 Å². The first-order chi connectivity index (χ1) is 18.8. The molecule has 0 fully saturated rings. The van der Waals surface area contributed by atoms with Crippen molar-refractivity contribution in [2.24, 2.45) is 0 Å². The number of hydrogen-bond donors (Lipinski definition) is 3. The first-order valence-corrected chi connectivity index (χ1v) is 15.5. The predicted octanol–water partition coefficient (Wildman–Crippen LogP) is 10.2. The molecule has 0 radical (unpaired) electrons. The molecule has 0 amide bonds. The maximum atomic E-state index is 4.87. The van der Waals surface area contributed by atoms with Gasteiger partial charge in [-0.15, -0.1) is 0 Å². The monoisotopic (exact) mass is 544 g/mol. The number of imidazole rings is 1. The molecule has 0 bridgehead atoms. The third-order valence-electron chi connectivity index (χ3n) is 7.00. The molecule has 1 atom stereocenters. The third-order valence-corrected chi connectivity index (χ3v) is 7.97. The van der Waals surface area contributed by atoms with Crippen LogP contribution in [0.2, 0.25) is 0 Å². The van der Waals surface area contributed by atoms with Crippen LogP contribution in [0.25, 0.3) is 11.0 Å². The van der Waals surface area contributed by atoms with Crippen LogP contribution in [0.4, 0.5) is 5.82 Å². The zero-order chi connectivity index (χ0) is 28.0. The van der Waals surface area contributed by atoms with Crippen molar-refractivity contribution in [3.8, 4) is 0 Å². The van der Waals surface area contributed by atoms with Crippen molar-refractivity contribution in [1.82, 2.24) is 15.0 Å². The summed E-state index contributed by atoms with van der Waals surface area (Å²) in [6.07, 6.45) is 18.4. The molecule has 0 aliphatic rings. The van der Waals surface area contributed by atoms with Gasteiger partial charge in [0.2, 0.25) is 0 Å². The molecule has 3 rings (SSSR count). The van der Waals surface area contributed by atoms with E-state index in [2.05, 4.69) is 99.3 Å². The smallest absolute Gasteiger partial charge is 0.130 e. The lowest BCUT2D eigenvalue weighted by atomic mass is 10.0. The van der Waals surface area contributed by atoms with Crippen molar-refractivity contribution in [3.63, 3.8) is 0 Å². The number of nitrogens with zero attached hydrogens (tertiary/aromatic N) is 1. The molecule has 0 saturated carbocycles. The number of rotatable bonds is 16. The highest BCUT2D eigenvalue weighted by atomic mass is 32.2. The fourth-order valence-electron chi connectivity index (χ4n) is 4.48. The zero-order valence-corrected chi connectivity index (χ0v) is 25.7. The van der Waals surface area contributed by atoms with Gasteiger partial charge in [0.25, 0.3) is 0 Å². The van der Waals surface area contributed by atoms with Gasteiger partial charge in [-0.05, 0) is 104 Å². The highest BCUT2D eigenvalue weighted by Crippen LogP contribution is 2.25. The van der Waals surface area contributed by atoms with Crippen LogP contribution in [0.15, 0.2) is 83.1 Å². The molecule has 0 aliphatic heterocycles. The zero-order valence-electron chi connectivity index (χ0n) is 24.9. The number of benzene rings is 1.